The highest BCUT2D eigenvalue weighted by Gasteiger charge is 2.12. The van der Waals surface area contributed by atoms with Crippen LogP contribution in [0, 0.1) is 9.39 Å². The number of anilines is 2. The van der Waals surface area contributed by atoms with Crippen molar-refractivity contribution in [1.29, 1.82) is 0 Å². The van der Waals surface area contributed by atoms with Gasteiger partial charge in [-0.2, -0.15) is 0 Å². The number of hydrogen-bond donors (Lipinski definition) is 2. The Kier molecular flexibility index (Phi) is 4.08. The van der Waals surface area contributed by atoms with Crippen LogP contribution in [0.15, 0.2) is 23.3 Å². The predicted octanol–water partition coefficient (Wildman–Crippen LogP) is 3.56. The maximum atomic E-state index is 13.0. The molecule has 0 spiro atoms. The van der Waals surface area contributed by atoms with Crippen molar-refractivity contribution in [1.82, 2.24) is 9.97 Å². The average molecular weight is 400 g/mol. The molecular weight excluding hydrogens is 395 g/mol. The Morgan fingerprint density at radius 2 is 1.94 bits per heavy atom. The molecule has 0 saturated carbocycles. The summed E-state index contributed by atoms with van der Waals surface area (Å²) < 4.78 is 13.4. The fourth-order valence-electron chi connectivity index (χ4n) is 1.25. The van der Waals surface area contributed by atoms with E-state index in [1.165, 1.54) is 6.33 Å². The molecule has 0 atom stereocenters. The third-order valence-electron chi connectivity index (χ3n) is 2.05. The second-order valence-corrected chi connectivity index (χ2v) is 5.16. The molecular formula is C10H5Cl2FIN3O. The number of benzene rings is 1. The molecule has 94 valence electrons. The Hall–Kier alpha value is -0.860. The van der Waals surface area contributed by atoms with E-state index in [1.807, 2.05) is 22.6 Å². The molecule has 0 aliphatic rings. The van der Waals surface area contributed by atoms with Gasteiger partial charge in [0.2, 0.25) is 0 Å². The fourth-order valence-corrected chi connectivity index (χ4v) is 2.23. The first-order valence-corrected chi connectivity index (χ1v) is 6.47. The van der Waals surface area contributed by atoms with E-state index >= 15 is 0 Å². The van der Waals surface area contributed by atoms with E-state index in [-0.39, 0.29) is 15.6 Å². The standard InChI is InChI=1S/C10H5Cl2FIN3O/c11-5-1-4(13)2-6(12)8(5)17-9-7(14)10(18)16-3-15-9/h1-3H,(H2,15,16,17,18). The highest BCUT2D eigenvalue weighted by atomic mass is 127. The second kappa shape index (κ2) is 5.41. The van der Waals surface area contributed by atoms with Crippen LogP contribution in [0.25, 0.3) is 0 Å². The Balaban J connectivity index is 2.47. The number of halogens is 4. The van der Waals surface area contributed by atoms with Gasteiger partial charge < -0.3 is 10.3 Å². The van der Waals surface area contributed by atoms with Gasteiger partial charge in [0.05, 0.1) is 22.1 Å². The normalized spacial score (nSPS) is 10.4. The maximum absolute atomic E-state index is 13.0. The molecule has 4 nitrogen and oxygen atoms in total. The first kappa shape index (κ1) is 13.6. The van der Waals surface area contributed by atoms with Gasteiger partial charge in [-0.25, -0.2) is 9.37 Å². The van der Waals surface area contributed by atoms with Crippen molar-refractivity contribution in [3.63, 3.8) is 0 Å². The monoisotopic (exact) mass is 399 g/mol. The summed E-state index contributed by atoms with van der Waals surface area (Å²) in [6.45, 7) is 0. The molecule has 8 heteroatoms. The van der Waals surface area contributed by atoms with Crippen molar-refractivity contribution in [3.05, 3.63) is 48.2 Å². The van der Waals surface area contributed by atoms with Gasteiger partial charge in [0, 0.05) is 0 Å². The van der Waals surface area contributed by atoms with Crippen LogP contribution in [0.3, 0.4) is 0 Å². The van der Waals surface area contributed by atoms with Crippen LogP contribution < -0.4 is 10.9 Å². The minimum atomic E-state index is -0.538. The summed E-state index contributed by atoms with van der Waals surface area (Å²) in [6.07, 6.45) is 1.25. The molecule has 0 amide bonds. The molecule has 2 aromatic rings. The summed E-state index contributed by atoms with van der Waals surface area (Å²) >= 11 is 13.6. The van der Waals surface area contributed by atoms with Crippen LogP contribution >= 0.6 is 45.8 Å². The van der Waals surface area contributed by atoms with Gasteiger partial charge in [0.1, 0.15) is 9.39 Å². The molecule has 1 aromatic carbocycles. The summed E-state index contributed by atoms with van der Waals surface area (Å²) in [5, 5.41) is 3.03. The van der Waals surface area contributed by atoms with Crippen LogP contribution in [0.2, 0.25) is 10.0 Å². The van der Waals surface area contributed by atoms with E-state index in [1.54, 1.807) is 0 Å². The summed E-state index contributed by atoms with van der Waals surface area (Å²) in [5.41, 5.74) is 0.0122. The lowest BCUT2D eigenvalue weighted by atomic mass is 10.3. The minimum Gasteiger partial charge on any atom is -0.337 e. The highest BCUT2D eigenvalue weighted by Crippen LogP contribution is 2.33. The molecule has 2 N–H and O–H groups in total. The molecule has 0 aliphatic heterocycles. The number of nitrogens with zero attached hydrogens (tertiary/aromatic N) is 1. The fraction of sp³-hybridized carbons (Fsp3) is 0. The van der Waals surface area contributed by atoms with Crippen LogP contribution in [-0.2, 0) is 0 Å². The summed E-state index contributed by atoms with van der Waals surface area (Å²) in [4.78, 5) is 17.8. The van der Waals surface area contributed by atoms with E-state index in [0.29, 0.717) is 15.1 Å². The van der Waals surface area contributed by atoms with Gasteiger partial charge in [-0.15, -0.1) is 0 Å². The lowest BCUT2D eigenvalue weighted by Crippen LogP contribution is -2.13. The van der Waals surface area contributed by atoms with E-state index in [4.69, 9.17) is 23.2 Å². The van der Waals surface area contributed by atoms with Crippen molar-refractivity contribution in [2.24, 2.45) is 0 Å². The van der Waals surface area contributed by atoms with E-state index < -0.39 is 5.82 Å². The summed E-state index contributed by atoms with van der Waals surface area (Å²) in [6, 6.07) is 2.24. The molecule has 0 unspecified atom stereocenters. The quantitative estimate of drug-likeness (QED) is 0.759. The molecule has 0 radical (unpaired) electrons. The van der Waals surface area contributed by atoms with Gasteiger partial charge in [0.25, 0.3) is 5.56 Å². The van der Waals surface area contributed by atoms with Crippen LogP contribution in [0.4, 0.5) is 15.9 Å². The number of aromatic amines is 1. The van der Waals surface area contributed by atoms with Crippen molar-refractivity contribution < 1.29 is 4.39 Å². The molecule has 0 aliphatic carbocycles. The lowest BCUT2D eigenvalue weighted by molar-refractivity contribution is 0.628. The molecule has 1 heterocycles. The third-order valence-corrected chi connectivity index (χ3v) is 3.64. The highest BCUT2D eigenvalue weighted by molar-refractivity contribution is 14.1. The number of rotatable bonds is 2. The number of H-pyrrole nitrogens is 1. The Labute approximate surface area is 125 Å². The van der Waals surface area contributed by atoms with Crippen molar-refractivity contribution in [2.45, 2.75) is 0 Å². The third kappa shape index (κ3) is 2.76. The van der Waals surface area contributed by atoms with Gasteiger partial charge in [-0.05, 0) is 34.7 Å². The second-order valence-electron chi connectivity index (χ2n) is 3.26. The van der Waals surface area contributed by atoms with Gasteiger partial charge in [-0.1, -0.05) is 23.2 Å². The van der Waals surface area contributed by atoms with Crippen molar-refractivity contribution in [2.75, 3.05) is 5.32 Å². The average Bonchev–Trinajstić information content (AvgIpc) is 2.28. The first-order valence-electron chi connectivity index (χ1n) is 4.64. The zero-order chi connectivity index (χ0) is 13.3. The number of hydrogen-bond acceptors (Lipinski definition) is 3. The molecule has 1 aromatic heterocycles. The zero-order valence-corrected chi connectivity index (χ0v) is 12.3. The molecule has 0 saturated heterocycles. The largest absolute Gasteiger partial charge is 0.337 e. The van der Waals surface area contributed by atoms with Crippen LogP contribution in [-0.4, -0.2) is 9.97 Å². The van der Waals surface area contributed by atoms with E-state index in [0.717, 1.165) is 12.1 Å². The van der Waals surface area contributed by atoms with Crippen LogP contribution in [0.5, 0.6) is 0 Å². The maximum Gasteiger partial charge on any atom is 0.266 e. The topological polar surface area (TPSA) is 57.8 Å². The van der Waals surface area contributed by atoms with Crippen LogP contribution in [0.1, 0.15) is 0 Å². The summed E-state index contributed by atoms with van der Waals surface area (Å²) in [5.74, 6) is -0.237. The molecule has 0 bridgehead atoms. The summed E-state index contributed by atoms with van der Waals surface area (Å²) in [7, 11) is 0. The lowest BCUT2D eigenvalue weighted by Gasteiger charge is -2.10. The number of nitrogens with one attached hydrogen (secondary N) is 2. The molecule has 0 fully saturated rings. The van der Waals surface area contributed by atoms with Gasteiger partial charge >= 0.3 is 0 Å². The Bertz CT molecular complexity index is 639. The van der Waals surface area contributed by atoms with E-state index in [9.17, 15) is 9.18 Å². The SMILES string of the molecule is O=c1[nH]cnc(Nc2c(Cl)cc(F)cc2Cl)c1I. The molecule has 2 rings (SSSR count). The Morgan fingerprint density at radius 3 is 2.56 bits per heavy atom. The zero-order valence-electron chi connectivity index (χ0n) is 8.60. The van der Waals surface area contributed by atoms with Crippen molar-refractivity contribution in [3.8, 4) is 0 Å². The van der Waals surface area contributed by atoms with E-state index in [2.05, 4.69) is 15.3 Å². The Morgan fingerprint density at radius 1 is 1.33 bits per heavy atom. The van der Waals surface area contributed by atoms with Gasteiger partial charge in [-0.3, -0.25) is 4.79 Å². The van der Waals surface area contributed by atoms with Gasteiger partial charge in [0.15, 0.2) is 5.82 Å². The smallest absolute Gasteiger partial charge is 0.266 e. The molecule has 18 heavy (non-hydrogen) atoms. The van der Waals surface area contributed by atoms with Crippen molar-refractivity contribution >= 4 is 57.3 Å². The minimum absolute atomic E-state index is 0.109. The first-order chi connectivity index (χ1) is 8.49. The predicted molar refractivity (Wildman–Crippen MR) is 77.3 cm³/mol. The number of aromatic nitrogens is 2.